The molecule has 0 rings (SSSR count). The third kappa shape index (κ3) is 21.7. The first-order valence-electron chi connectivity index (χ1n) is 10.8. The Kier molecular flexibility index (Phi) is 23.2. The molecule has 27 heavy (non-hydrogen) atoms. The van der Waals surface area contributed by atoms with Crippen LogP contribution < -0.4 is 5.32 Å². The summed E-state index contributed by atoms with van der Waals surface area (Å²) in [5.41, 5.74) is 0. The molecule has 0 aliphatic heterocycles. The van der Waals surface area contributed by atoms with Gasteiger partial charge in [-0.15, -0.1) is 0 Å². The van der Waals surface area contributed by atoms with Crippen molar-refractivity contribution in [3.63, 3.8) is 0 Å². The zero-order valence-corrected chi connectivity index (χ0v) is 16.8. The van der Waals surface area contributed by atoms with Crippen LogP contribution in [0.15, 0.2) is 0 Å². The second-order valence-electron chi connectivity index (χ2n) is 7.37. The summed E-state index contributed by atoms with van der Waals surface area (Å²) in [6.07, 6.45) is 18.2. The van der Waals surface area contributed by atoms with Crippen LogP contribution in [0.2, 0.25) is 0 Å². The van der Waals surface area contributed by atoms with E-state index in [1.807, 2.05) is 0 Å². The summed E-state index contributed by atoms with van der Waals surface area (Å²) in [6.45, 7) is 2.90. The molecule has 156 valence electrons. The van der Waals surface area contributed by atoms with Gasteiger partial charge in [0.25, 0.3) is 0 Å². The second kappa shape index (κ2) is 21.8. The molecule has 0 radical (unpaired) electrons. The van der Waals surface area contributed by atoms with Crippen LogP contribution in [-0.2, 0) is 9.59 Å². The molecule has 0 aromatic carbocycles. The zero-order chi connectivity index (χ0) is 19.5. The number of unbranched alkanes of at least 4 members (excludes halogenated alkanes) is 13. The molecule has 6 heteroatoms. The number of hydrogen-bond donors (Lipinski definition) is 3. The fourth-order valence-corrected chi connectivity index (χ4v) is 3.18. The van der Waals surface area contributed by atoms with Crippen LogP contribution in [0, 0.1) is 0 Å². The van der Waals surface area contributed by atoms with E-state index in [1.165, 1.54) is 77.0 Å². The molecule has 0 aromatic rings. The summed E-state index contributed by atoms with van der Waals surface area (Å²) in [5, 5.41) is 20.6. The van der Waals surface area contributed by atoms with Crippen LogP contribution in [0.4, 0.5) is 0 Å². The predicted molar refractivity (Wildman–Crippen MR) is 114 cm³/mol. The molecule has 0 saturated carbocycles. The van der Waals surface area contributed by atoms with Gasteiger partial charge in [0.1, 0.15) is 6.04 Å². The molecule has 0 heterocycles. The van der Waals surface area contributed by atoms with Crippen molar-refractivity contribution in [3.8, 4) is 0 Å². The Morgan fingerprint density at radius 2 is 1.15 bits per heavy atom. The van der Waals surface area contributed by atoms with Crippen LogP contribution in [-0.4, -0.2) is 53.6 Å². The number of nitrogens with one attached hydrogen (secondary N) is 1. The molecule has 0 amide bonds. The van der Waals surface area contributed by atoms with E-state index in [0.717, 1.165) is 12.8 Å². The quantitative estimate of drug-likeness (QED) is 0.210. The second-order valence-corrected chi connectivity index (χ2v) is 7.37. The first kappa shape index (κ1) is 28.7. The van der Waals surface area contributed by atoms with Gasteiger partial charge in [-0.25, -0.2) is 0 Å². The Balaban J connectivity index is 0. The molecule has 0 saturated heterocycles. The van der Waals surface area contributed by atoms with E-state index >= 15 is 0 Å². The van der Waals surface area contributed by atoms with Crippen molar-refractivity contribution in [2.24, 2.45) is 0 Å². The number of carboxylic acid groups (broad SMARTS) is 2. The maximum atomic E-state index is 11.0. The average Bonchev–Trinajstić information content (AvgIpc) is 2.60. The number of rotatable bonds is 20. The third-order valence-electron chi connectivity index (χ3n) is 4.87. The molecule has 0 aliphatic rings. The average molecular weight is 380 g/mol. The fraction of sp³-hybridized carbons (Fsp3) is 0.905. The summed E-state index contributed by atoms with van der Waals surface area (Å²) < 4.78 is 0. The van der Waals surface area contributed by atoms with Crippen LogP contribution in [0.1, 0.15) is 110 Å². The van der Waals surface area contributed by atoms with Crippen molar-refractivity contribution in [1.29, 1.82) is 0 Å². The van der Waals surface area contributed by atoms with Crippen molar-refractivity contribution in [1.82, 2.24) is 5.32 Å². The Labute approximate surface area is 178 Å². The molecule has 0 aliphatic carbocycles. The van der Waals surface area contributed by atoms with Crippen LogP contribution in [0.3, 0.4) is 0 Å². The van der Waals surface area contributed by atoms with Gasteiger partial charge in [-0.3, -0.25) is 9.59 Å². The summed E-state index contributed by atoms with van der Waals surface area (Å²) in [5.74, 6) is -1.91. The van der Waals surface area contributed by atoms with Gasteiger partial charge in [0.05, 0.1) is 0 Å². The summed E-state index contributed by atoms with van der Waals surface area (Å²) in [4.78, 5) is 21.6. The van der Waals surface area contributed by atoms with Gasteiger partial charge in [-0.1, -0.05) is 90.4 Å². The van der Waals surface area contributed by atoms with Gasteiger partial charge in [-0.2, -0.15) is 0 Å². The van der Waals surface area contributed by atoms with Crippen LogP contribution >= 0.6 is 0 Å². The fourth-order valence-electron chi connectivity index (χ4n) is 3.18. The normalized spacial score (nSPS) is 11.7. The molecule has 3 N–H and O–H groups in total. The Morgan fingerprint density at radius 3 is 1.52 bits per heavy atom. The molecule has 0 aromatic heterocycles. The van der Waals surface area contributed by atoms with E-state index in [4.69, 9.17) is 10.2 Å². The van der Waals surface area contributed by atoms with Gasteiger partial charge >= 0.3 is 30.8 Å². The van der Waals surface area contributed by atoms with Gasteiger partial charge in [0.15, 0.2) is 0 Å². The van der Waals surface area contributed by atoms with E-state index in [9.17, 15) is 9.59 Å². The zero-order valence-electron chi connectivity index (χ0n) is 16.8. The number of hydrogen-bond acceptors (Lipinski definition) is 3. The first-order valence-corrected chi connectivity index (χ1v) is 10.8. The van der Waals surface area contributed by atoms with Crippen LogP contribution in [0.5, 0.6) is 0 Å². The molecule has 0 spiro atoms. The summed E-state index contributed by atoms with van der Waals surface area (Å²) in [6, 6.07) is -0.743. The van der Waals surface area contributed by atoms with E-state index in [1.54, 1.807) is 0 Å². The SMILES string of the molecule is CCCCCCCCCCCCCCCCNC(CCC(=O)O)C(=O)O.[LiH]. The summed E-state index contributed by atoms with van der Waals surface area (Å²) in [7, 11) is 0. The summed E-state index contributed by atoms with van der Waals surface area (Å²) >= 11 is 0. The minimum absolute atomic E-state index is 0. The molecule has 1 unspecified atom stereocenters. The van der Waals surface area contributed by atoms with Gasteiger partial charge in [0.2, 0.25) is 0 Å². The molecule has 1 atom stereocenters. The van der Waals surface area contributed by atoms with Crippen molar-refractivity contribution < 1.29 is 19.8 Å². The molecule has 0 fully saturated rings. The standard InChI is InChI=1S/C21H41NO4.Li.H/c1-2-3-4-5-6-7-8-9-10-11-12-13-14-15-18-22-19(21(25)26)16-17-20(23)24;;/h19,22H,2-18H2,1H3,(H,23,24)(H,25,26);;. The number of aliphatic carboxylic acids is 2. The van der Waals surface area contributed by atoms with E-state index in [0.29, 0.717) is 6.54 Å². The van der Waals surface area contributed by atoms with Crippen molar-refractivity contribution in [3.05, 3.63) is 0 Å². The molecular formula is C21H42LiNO4. The van der Waals surface area contributed by atoms with Gasteiger partial charge < -0.3 is 15.5 Å². The van der Waals surface area contributed by atoms with E-state index in [2.05, 4.69) is 12.2 Å². The van der Waals surface area contributed by atoms with Gasteiger partial charge in [-0.05, 0) is 19.4 Å². The Bertz CT molecular complexity index is 353. The number of carbonyl (C=O) groups is 2. The van der Waals surface area contributed by atoms with E-state index in [-0.39, 0.29) is 31.7 Å². The molecule has 0 bridgehead atoms. The van der Waals surface area contributed by atoms with Crippen molar-refractivity contribution in [2.75, 3.05) is 6.54 Å². The monoisotopic (exact) mass is 379 g/mol. The Morgan fingerprint density at radius 1 is 0.741 bits per heavy atom. The first-order chi connectivity index (χ1) is 12.6. The Hall–Kier alpha value is -0.503. The third-order valence-corrected chi connectivity index (χ3v) is 4.87. The topological polar surface area (TPSA) is 86.6 Å². The van der Waals surface area contributed by atoms with Crippen LogP contribution in [0.25, 0.3) is 0 Å². The molecular weight excluding hydrogens is 337 g/mol. The predicted octanol–water partition coefficient (Wildman–Crippen LogP) is 4.73. The minimum atomic E-state index is -0.961. The van der Waals surface area contributed by atoms with Gasteiger partial charge in [0, 0.05) is 6.42 Å². The van der Waals surface area contributed by atoms with Crippen molar-refractivity contribution in [2.45, 2.75) is 116 Å². The maximum absolute atomic E-state index is 11.0. The number of carboxylic acids is 2. The van der Waals surface area contributed by atoms with Crippen molar-refractivity contribution >= 4 is 30.8 Å². The van der Waals surface area contributed by atoms with E-state index < -0.39 is 18.0 Å². The molecule has 5 nitrogen and oxygen atoms in total.